The molecule has 3 N–H and O–H groups in total. The van der Waals surface area contributed by atoms with Gasteiger partial charge in [-0.3, -0.25) is 9.48 Å². The molecule has 7 heteroatoms. The molecule has 0 fully saturated rings. The molecule has 3 rings (SSSR count). The summed E-state index contributed by atoms with van der Waals surface area (Å²) in [7, 11) is 0. The zero-order chi connectivity index (χ0) is 16.9. The Morgan fingerprint density at radius 2 is 2.33 bits per heavy atom. The molecule has 0 radical (unpaired) electrons. The molecule has 2 aromatic rings. The van der Waals surface area contributed by atoms with Crippen LogP contribution in [0, 0.1) is 0 Å². The van der Waals surface area contributed by atoms with Gasteiger partial charge in [-0.2, -0.15) is 5.10 Å². The maximum Gasteiger partial charge on any atom is 0.315 e. The highest BCUT2D eigenvalue weighted by molar-refractivity contribution is 5.99. The number of benzene rings is 1. The highest BCUT2D eigenvalue weighted by Gasteiger charge is 2.19. The Morgan fingerprint density at radius 3 is 3.12 bits per heavy atom. The first kappa shape index (κ1) is 16.0. The largest absolute Gasteiger partial charge is 0.338 e. The lowest BCUT2D eigenvalue weighted by Gasteiger charge is -2.16. The predicted molar refractivity (Wildman–Crippen MR) is 90.6 cm³/mol. The van der Waals surface area contributed by atoms with Gasteiger partial charge < -0.3 is 16.0 Å². The van der Waals surface area contributed by atoms with E-state index in [0.29, 0.717) is 13.0 Å². The lowest BCUT2D eigenvalue weighted by molar-refractivity contribution is -0.115. The second kappa shape index (κ2) is 7.16. The molecule has 1 aliphatic heterocycles. The second-order valence-corrected chi connectivity index (χ2v) is 5.89. The van der Waals surface area contributed by atoms with Crippen molar-refractivity contribution < 1.29 is 9.59 Å². The molecule has 0 saturated carbocycles. The summed E-state index contributed by atoms with van der Waals surface area (Å²) in [6.45, 7) is 3.28. The van der Waals surface area contributed by atoms with E-state index in [9.17, 15) is 9.59 Å². The van der Waals surface area contributed by atoms with Gasteiger partial charge in [0, 0.05) is 31.2 Å². The maximum absolute atomic E-state index is 12.0. The van der Waals surface area contributed by atoms with Gasteiger partial charge >= 0.3 is 6.03 Å². The van der Waals surface area contributed by atoms with Crippen molar-refractivity contribution in [3.05, 3.63) is 47.8 Å². The van der Waals surface area contributed by atoms with Gasteiger partial charge in [-0.25, -0.2) is 4.79 Å². The second-order valence-electron chi connectivity index (χ2n) is 5.89. The van der Waals surface area contributed by atoms with Crippen molar-refractivity contribution in [3.63, 3.8) is 0 Å². The molecular formula is C17H21N5O2. The summed E-state index contributed by atoms with van der Waals surface area (Å²) in [5, 5.41) is 12.7. The number of hydrogen-bond donors (Lipinski definition) is 3. The van der Waals surface area contributed by atoms with Crippen molar-refractivity contribution in [3.8, 4) is 0 Å². The molecule has 1 unspecified atom stereocenters. The van der Waals surface area contributed by atoms with Crippen LogP contribution in [0.3, 0.4) is 0 Å². The number of nitrogens with zero attached hydrogens (tertiary/aromatic N) is 2. The molecule has 1 atom stereocenters. The van der Waals surface area contributed by atoms with Crippen LogP contribution in [0.25, 0.3) is 0 Å². The predicted octanol–water partition coefficient (Wildman–Crippen LogP) is 1.83. The van der Waals surface area contributed by atoms with Crippen molar-refractivity contribution in [2.75, 3.05) is 11.9 Å². The number of amides is 3. The average molecular weight is 327 g/mol. The van der Waals surface area contributed by atoms with E-state index in [0.717, 1.165) is 29.8 Å². The smallest absolute Gasteiger partial charge is 0.315 e. The zero-order valence-electron chi connectivity index (χ0n) is 13.6. The summed E-state index contributed by atoms with van der Waals surface area (Å²) in [6.07, 6.45) is 4.85. The molecule has 1 aromatic heterocycles. The van der Waals surface area contributed by atoms with Crippen LogP contribution >= 0.6 is 0 Å². The summed E-state index contributed by atoms with van der Waals surface area (Å²) >= 11 is 0. The maximum atomic E-state index is 12.0. The Kier molecular flexibility index (Phi) is 4.79. The Morgan fingerprint density at radius 1 is 1.46 bits per heavy atom. The lowest BCUT2D eigenvalue weighted by atomic mass is 10.0. The highest BCUT2D eigenvalue weighted by atomic mass is 16.2. The number of carbonyl (C=O) groups excluding carboxylic acids is 2. The highest BCUT2D eigenvalue weighted by Crippen LogP contribution is 2.26. The summed E-state index contributed by atoms with van der Waals surface area (Å²) in [5.74, 6) is 0.0117. The van der Waals surface area contributed by atoms with Crippen LogP contribution in [-0.4, -0.2) is 28.3 Å². The van der Waals surface area contributed by atoms with Crippen LogP contribution in [0.4, 0.5) is 10.5 Å². The first-order chi connectivity index (χ1) is 11.6. The van der Waals surface area contributed by atoms with Crippen molar-refractivity contribution >= 4 is 17.6 Å². The van der Waals surface area contributed by atoms with E-state index in [-0.39, 0.29) is 18.0 Å². The van der Waals surface area contributed by atoms with E-state index in [1.807, 2.05) is 42.1 Å². The molecule has 0 bridgehead atoms. The molecule has 3 amide bonds. The molecule has 24 heavy (non-hydrogen) atoms. The number of aromatic nitrogens is 2. The van der Waals surface area contributed by atoms with E-state index in [1.54, 1.807) is 6.20 Å². The molecule has 0 spiro atoms. The van der Waals surface area contributed by atoms with Crippen molar-refractivity contribution in [2.24, 2.45) is 0 Å². The van der Waals surface area contributed by atoms with Crippen molar-refractivity contribution in [1.29, 1.82) is 0 Å². The topological polar surface area (TPSA) is 88.1 Å². The van der Waals surface area contributed by atoms with E-state index in [4.69, 9.17) is 0 Å². The fraction of sp³-hybridized carbons (Fsp3) is 0.353. The van der Waals surface area contributed by atoms with Gasteiger partial charge in [0.1, 0.15) is 0 Å². The fourth-order valence-electron chi connectivity index (χ4n) is 2.73. The van der Waals surface area contributed by atoms with Gasteiger partial charge in [0.15, 0.2) is 0 Å². The fourth-order valence-corrected chi connectivity index (χ4v) is 2.73. The number of nitrogens with one attached hydrogen (secondary N) is 3. The number of anilines is 1. The summed E-state index contributed by atoms with van der Waals surface area (Å²) < 4.78 is 1.84. The Bertz CT molecular complexity index is 727. The number of rotatable bonds is 6. The SMILES string of the molecule is CC(NC(=O)NCCCn1cccn1)c1ccc2c(c1)CC(=O)N2. The van der Waals surface area contributed by atoms with Gasteiger partial charge in [-0.1, -0.05) is 12.1 Å². The molecule has 2 heterocycles. The third-order valence-electron chi connectivity index (χ3n) is 4.01. The normalized spacial score (nSPS) is 14.0. The van der Waals surface area contributed by atoms with E-state index in [1.165, 1.54) is 0 Å². The molecule has 7 nitrogen and oxygen atoms in total. The monoisotopic (exact) mass is 327 g/mol. The summed E-state index contributed by atoms with van der Waals surface area (Å²) in [6, 6.07) is 7.33. The van der Waals surface area contributed by atoms with E-state index in [2.05, 4.69) is 21.0 Å². The van der Waals surface area contributed by atoms with Crippen LogP contribution < -0.4 is 16.0 Å². The molecule has 1 aromatic carbocycles. The molecule has 1 aliphatic rings. The van der Waals surface area contributed by atoms with Crippen molar-refractivity contribution in [2.45, 2.75) is 32.4 Å². The first-order valence-corrected chi connectivity index (χ1v) is 8.06. The standard InChI is InChI=1S/C17H21N5O2/c1-12(13-4-5-15-14(10-13)11-16(23)21-15)20-17(24)18-6-2-8-22-9-3-7-19-22/h3-5,7,9-10,12H,2,6,8,11H2,1H3,(H,21,23)(H2,18,20,24). The molecule has 126 valence electrons. The van der Waals surface area contributed by atoms with Crippen molar-refractivity contribution in [1.82, 2.24) is 20.4 Å². The Hall–Kier alpha value is -2.83. The van der Waals surface area contributed by atoms with Gasteiger partial charge in [0.2, 0.25) is 5.91 Å². The van der Waals surface area contributed by atoms with Gasteiger partial charge in [0.25, 0.3) is 0 Å². The molecule has 0 saturated heterocycles. The third kappa shape index (κ3) is 3.92. The number of hydrogen-bond acceptors (Lipinski definition) is 3. The van der Waals surface area contributed by atoms with Crippen LogP contribution in [0.5, 0.6) is 0 Å². The van der Waals surface area contributed by atoms with Crippen LogP contribution in [0.2, 0.25) is 0 Å². The minimum absolute atomic E-state index is 0.0117. The number of carbonyl (C=O) groups is 2. The Labute approximate surface area is 140 Å². The van der Waals surface area contributed by atoms with Gasteiger partial charge in [-0.15, -0.1) is 0 Å². The van der Waals surface area contributed by atoms with Crippen LogP contribution in [0.15, 0.2) is 36.7 Å². The average Bonchev–Trinajstić information content (AvgIpc) is 3.18. The van der Waals surface area contributed by atoms with E-state index >= 15 is 0 Å². The first-order valence-electron chi connectivity index (χ1n) is 8.06. The van der Waals surface area contributed by atoms with Gasteiger partial charge in [-0.05, 0) is 36.6 Å². The quantitative estimate of drug-likeness (QED) is 0.707. The minimum Gasteiger partial charge on any atom is -0.338 e. The van der Waals surface area contributed by atoms with E-state index < -0.39 is 0 Å². The zero-order valence-corrected chi connectivity index (χ0v) is 13.6. The van der Waals surface area contributed by atoms with Gasteiger partial charge in [0.05, 0.1) is 12.5 Å². The third-order valence-corrected chi connectivity index (χ3v) is 4.01. The molecular weight excluding hydrogens is 306 g/mol. The number of aryl methyl sites for hydroxylation is 1. The summed E-state index contributed by atoms with van der Waals surface area (Å²) in [4.78, 5) is 23.4. The Balaban J connectivity index is 1.44. The van der Waals surface area contributed by atoms with Crippen LogP contribution in [0.1, 0.15) is 30.5 Å². The summed E-state index contributed by atoms with van der Waals surface area (Å²) in [5.41, 5.74) is 2.82. The number of fused-ring (bicyclic) bond motifs is 1. The number of urea groups is 1. The lowest BCUT2D eigenvalue weighted by Crippen LogP contribution is -2.37. The molecule has 0 aliphatic carbocycles. The minimum atomic E-state index is -0.197. The van der Waals surface area contributed by atoms with Crippen LogP contribution in [-0.2, 0) is 17.8 Å².